The van der Waals surface area contributed by atoms with Crippen LogP contribution >= 0.6 is 0 Å². The van der Waals surface area contributed by atoms with E-state index in [-0.39, 0.29) is 6.61 Å². The Balaban J connectivity index is 3.40. The number of alkyl halides is 6. The predicted octanol–water partition coefficient (Wildman–Crippen LogP) is 2.56. The first-order chi connectivity index (χ1) is 10.5. The van der Waals surface area contributed by atoms with Gasteiger partial charge < -0.3 is 15.2 Å². The molecule has 0 aliphatic carbocycles. The molecule has 11 heteroatoms. The summed E-state index contributed by atoms with van der Waals surface area (Å²) < 4.78 is 83.3. The summed E-state index contributed by atoms with van der Waals surface area (Å²) in [6, 6.07) is 0.447. The monoisotopic (exact) mass is 346 g/mol. The molecule has 23 heavy (non-hydrogen) atoms. The third-order valence-corrected chi connectivity index (χ3v) is 2.53. The summed E-state index contributed by atoms with van der Waals surface area (Å²) in [6.45, 7) is 0.818. The third kappa shape index (κ3) is 5.58. The van der Waals surface area contributed by atoms with Gasteiger partial charge in [0.15, 0.2) is 0 Å². The highest BCUT2D eigenvalue weighted by Crippen LogP contribution is 2.34. The molecule has 0 unspecified atom stereocenters. The molecule has 0 atom stereocenters. The summed E-state index contributed by atoms with van der Waals surface area (Å²) in [6.07, 6.45) is -11.0. The van der Waals surface area contributed by atoms with Gasteiger partial charge in [0.25, 0.3) is 0 Å². The van der Waals surface area contributed by atoms with Crippen LogP contribution in [0.5, 0.6) is 5.88 Å². The van der Waals surface area contributed by atoms with Gasteiger partial charge in [-0.1, -0.05) is 0 Å². The van der Waals surface area contributed by atoms with Crippen molar-refractivity contribution in [1.29, 1.82) is 0 Å². The minimum Gasteiger partial charge on any atom is -0.466 e. The normalized spacial score (nSPS) is 12.2. The number of halogens is 6. The van der Waals surface area contributed by atoms with Gasteiger partial charge in [0.2, 0.25) is 5.88 Å². The van der Waals surface area contributed by atoms with Gasteiger partial charge in [-0.3, -0.25) is 4.79 Å². The van der Waals surface area contributed by atoms with Crippen LogP contribution in [0.1, 0.15) is 23.7 Å². The van der Waals surface area contributed by atoms with E-state index in [1.165, 1.54) is 6.92 Å². The van der Waals surface area contributed by atoms with Gasteiger partial charge in [-0.05, 0) is 18.6 Å². The first kappa shape index (κ1) is 19.0. The molecule has 0 spiro atoms. The second-order valence-electron chi connectivity index (χ2n) is 4.18. The van der Waals surface area contributed by atoms with Crippen molar-refractivity contribution in [2.45, 2.75) is 32.4 Å². The van der Waals surface area contributed by atoms with Crippen LogP contribution in [0.2, 0.25) is 0 Å². The van der Waals surface area contributed by atoms with Gasteiger partial charge in [-0.2, -0.15) is 13.2 Å². The molecule has 5 nitrogen and oxygen atoms in total. The van der Waals surface area contributed by atoms with Crippen molar-refractivity contribution in [3.8, 4) is 5.88 Å². The van der Waals surface area contributed by atoms with Crippen LogP contribution in [0.15, 0.2) is 6.07 Å². The number of aromatic nitrogens is 1. The van der Waals surface area contributed by atoms with Gasteiger partial charge in [0, 0.05) is 12.1 Å². The molecule has 0 aliphatic heterocycles. The maximum Gasteiger partial charge on any atom is 0.574 e. The Kier molecular flexibility index (Phi) is 5.81. The van der Waals surface area contributed by atoms with Crippen LogP contribution < -0.4 is 10.5 Å². The van der Waals surface area contributed by atoms with E-state index in [0.717, 1.165) is 0 Å². The van der Waals surface area contributed by atoms with Crippen molar-refractivity contribution in [3.63, 3.8) is 0 Å². The summed E-state index contributed by atoms with van der Waals surface area (Å²) >= 11 is 0. The molecule has 0 aliphatic rings. The van der Waals surface area contributed by atoms with E-state index in [1.807, 2.05) is 0 Å². The van der Waals surface area contributed by atoms with E-state index in [1.54, 1.807) is 0 Å². The van der Waals surface area contributed by atoms with Crippen molar-refractivity contribution in [1.82, 2.24) is 4.98 Å². The molecular formula is C12H12F6N2O3. The zero-order valence-electron chi connectivity index (χ0n) is 11.7. The number of nitrogens with two attached hydrogens (primary N) is 1. The van der Waals surface area contributed by atoms with Crippen molar-refractivity contribution >= 4 is 5.97 Å². The lowest BCUT2D eigenvalue weighted by Gasteiger charge is -2.17. The molecule has 0 aromatic carbocycles. The van der Waals surface area contributed by atoms with E-state index in [2.05, 4.69) is 14.5 Å². The van der Waals surface area contributed by atoms with Crippen LogP contribution in [-0.4, -0.2) is 23.9 Å². The molecular weight excluding hydrogens is 334 g/mol. The lowest BCUT2D eigenvalue weighted by molar-refractivity contribution is -0.276. The predicted molar refractivity (Wildman–Crippen MR) is 64.2 cm³/mol. The van der Waals surface area contributed by atoms with Gasteiger partial charge in [0.1, 0.15) is 5.69 Å². The fourth-order valence-corrected chi connectivity index (χ4v) is 1.68. The number of pyridine rings is 1. The van der Waals surface area contributed by atoms with E-state index >= 15 is 0 Å². The molecule has 0 saturated heterocycles. The maximum atomic E-state index is 12.8. The fraction of sp³-hybridized carbons (Fsp3) is 0.500. The van der Waals surface area contributed by atoms with E-state index in [4.69, 9.17) is 5.73 Å². The Morgan fingerprint density at radius 3 is 2.30 bits per heavy atom. The summed E-state index contributed by atoms with van der Waals surface area (Å²) in [4.78, 5) is 14.2. The minimum absolute atomic E-state index is 0.0418. The Labute approximate surface area is 126 Å². The molecule has 2 N–H and O–H groups in total. The number of rotatable bonds is 5. The summed E-state index contributed by atoms with van der Waals surface area (Å²) in [7, 11) is 0. The van der Waals surface area contributed by atoms with Crippen molar-refractivity contribution in [2.75, 3.05) is 6.61 Å². The molecule has 0 fully saturated rings. The van der Waals surface area contributed by atoms with E-state index in [9.17, 15) is 31.1 Å². The number of hydrogen-bond acceptors (Lipinski definition) is 5. The van der Waals surface area contributed by atoms with Gasteiger partial charge >= 0.3 is 18.5 Å². The lowest BCUT2D eigenvalue weighted by atomic mass is 10.0. The molecule has 0 bridgehead atoms. The van der Waals surface area contributed by atoms with Crippen molar-refractivity contribution < 1.29 is 40.6 Å². The highest BCUT2D eigenvalue weighted by atomic mass is 19.4. The minimum atomic E-state index is -5.26. The summed E-state index contributed by atoms with van der Waals surface area (Å²) in [5.41, 5.74) is 2.78. The summed E-state index contributed by atoms with van der Waals surface area (Å²) in [5.74, 6) is -2.26. The van der Waals surface area contributed by atoms with Crippen LogP contribution in [0.4, 0.5) is 26.3 Å². The number of hydrogen-bond donors (Lipinski definition) is 1. The Hall–Kier alpha value is -2.04. The topological polar surface area (TPSA) is 74.4 Å². The highest BCUT2D eigenvalue weighted by molar-refractivity contribution is 5.73. The number of nitrogens with zero attached hydrogens (tertiary/aromatic N) is 1. The summed E-state index contributed by atoms with van der Waals surface area (Å²) in [5, 5.41) is 0. The molecule has 0 radical (unpaired) electrons. The quantitative estimate of drug-likeness (QED) is 0.655. The third-order valence-electron chi connectivity index (χ3n) is 2.53. The first-order valence-corrected chi connectivity index (χ1v) is 6.19. The Morgan fingerprint density at radius 1 is 1.26 bits per heavy atom. The molecule has 0 amide bonds. The molecule has 0 saturated carbocycles. The van der Waals surface area contributed by atoms with Crippen molar-refractivity contribution in [2.24, 2.45) is 5.73 Å². The molecule has 1 rings (SSSR count). The fourth-order valence-electron chi connectivity index (χ4n) is 1.68. The van der Waals surface area contributed by atoms with E-state index in [0.29, 0.717) is 6.07 Å². The molecule has 1 aromatic heterocycles. The number of carbonyl (C=O) groups excluding carboxylic acids is 1. The number of esters is 1. The van der Waals surface area contributed by atoms with Gasteiger partial charge in [-0.25, -0.2) is 4.98 Å². The van der Waals surface area contributed by atoms with Crippen LogP contribution in [0.25, 0.3) is 0 Å². The van der Waals surface area contributed by atoms with Gasteiger partial charge in [-0.15, -0.1) is 13.2 Å². The van der Waals surface area contributed by atoms with Crippen molar-refractivity contribution in [3.05, 3.63) is 22.9 Å². The number of carbonyl (C=O) groups is 1. The Morgan fingerprint density at radius 2 is 1.87 bits per heavy atom. The van der Waals surface area contributed by atoms with E-state index < -0.39 is 54.2 Å². The second-order valence-corrected chi connectivity index (χ2v) is 4.18. The standard InChI is InChI=1S/C12H12F6N2O3/c1-2-22-9(21)4-6-3-8(11(13,14)15)20-10(7(6)5-19)23-12(16,17)18/h3H,2,4-5,19H2,1H3. The smallest absolute Gasteiger partial charge is 0.466 e. The highest BCUT2D eigenvalue weighted by Gasteiger charge is 2.38. The maximum absolute atomic E-state index is 12.8. The second kappa shape index (κ2) is 7.02. The van der Waals surface area contributed by atoms with Gasteiger partial charge in [0.05, 0.1) is 13.0 Å². The zero-order chi connectivity index (χ0) is 17.8. The molecule has 130 valence electrons. The van der Waals surface area contributed by atoms with Crippen LogP contribution in [-0.2, 0) is 28.7 Å². The van der Waals surface area contributed by atoms with Crippen LogP contribution in [0.3, 0.4) is 0 Å². The largest absolute Gasteiger partial charge is 0.574 e. The SMILES string of the molecule is CCOC(=O)Cc1cc(C(F)(F)F)nc(OC(F)(F)F)c1CN. The average molecular weight is 346 g/mol. The number of ether oxygens (including phenoxy) is 2. The molecule has 1 aromatic rings. The Bertz CT molecular complexity index is 571. The lowest BCUT2D eigenvalue weighted by Crippen LogP contribution is -2.23. The average Bonchev–Trinajstić information content (AvgIpc) is 2.35. The first-order valence-electron chi connectivity index (χ1n) is 6.19. The molecule has 1 heterocycles. The van der Waals surface area contributed by atoms with Crippen LogP contribution in [0, 0.1) is 0 Å². The zero-order valence-corrected chi connectivity index (χ0v) is 11.7.